The predicted octanol–water partition coefficient (Wildman–Crippen LogP) is 2.35. The Labute approximate surface area is 91.8 Å². The summed E-state index contributed by atoms with van der Waals surface area (Å²) in [6.45, 7) is 7.24. The number of carbonyl (C=O) groups is 2. The number of hydrogen-bond acceptors (Lipinski definition) is 2. The van der Waals surface area contributed by atoms with Gasteiger partial charge in [-0.3, -0.25) is 14.5 Å². The van der Waals surface area contributed by atoms with Crippen LogP contribution in [0.5, 0.6) is 0 Å². The first-order chi connectivity index (χ1) is 6.90. The van der Waals surface area contributed by atoms with E-state index in [4.69, 9.17) is 0 Å². The number of hydrogen-bond donors (Lipinski definition) is 0. The van der Waals surface area contributed by atoms with Crippen LogP contribution in [0.1, 0.15) is 52.9 Å². The van der Waals surface area contributed by atoms with Gasteiger partial charge in [0.15, 0.2) is 0 Å². The Morgan fingerprint density at radius 2 is 1.60 bits per heavy atom. The van der Waals surface area contributed by atoms with E-state index in [0.29, 0.717) is 24.8 Å². The second kappa shape index (κ2) is 4.77. The smallest absolute Gasteiger partial charge is 0.229 e. The highest BCUT2D eigenvalue weighted by Gasteiger charge is 2.27. The van der Waals surface area contributed by atoms with Crippen molar-refractivity contribution < 1.29 is 9.59 Å². The summed E-state index contributed by atoms with van der Waals surface area (Å²) in [4.78, 5) is 24.0. The standard InChI is InChI=1S/C12H21NO2/c1-12(2,3)8-4-5-9-13-10(14)6-7-11(13)15/h4-9H2,1-3H3. The fraction of sp³-hybridized carbons (Fsp3) is 0.833. The number of unbranched alkanes of at least 4 members (excludes halogenated alkanes) is 1. The molecule has 1 fully saturated rings. The molecule has 1 rings (SSSR count). The monoisotopic (exact) mass is 211 g/mol. The second-order valence-corrected chi connectivity index (χ2v) is 5.46. The zero-order valence-corrected chi connectivity index (χ0v) is 10.0. The van der Waals surface area contributed by atoms with Gasteiger partial charge in [0.2, 0.25) is 11.8 Å². The van der Waals surface area contributed by atoms with Crippen LogP contribution in [0.4, 0.5) is 0 Å². The number of likely N-dealkylation sites (tertiary alicyclic amines) is 1. The molecule has 1 heterocycles. The molecule has 0 atom stereocenters. The summed E-state index contributed by atoms with van der Waals surface area (Å²) in [5.74, 6) is 0.0199. The third-order valence-corrected chi connectivity index (χ3v) is 2.71. The van der Waals surface area contributed by atoms with Crippen molar-refractivity contribution in [3.05, 3.63) is 0 Å². The third kappa shape index (κ3) is 4.02. The highest BCUT2D eigenvalue weighted by molar-refractivity contribution is 6.01. The van der Waals surface area contributed by atoms with Crippen molar-refractivity contribution in [3.8, 4) is 0 Å². The van der Waals surface area contributed by atoms with Gasteiger partial charge in [0.25, 0.3) is 0 Å². The Balaban J connectivity index is 2.20. The normalized spacial score (nSPS) is 17.7. The molecule has 0 aliphatic carbocycles. The molecule has 1 aliphatic heterocycles. The van der Waals surface area contributed by atoms with E-state index in [9.17, 15) is 9.59 Å². The molecular formula is C12H21NO2. The van der Waals surface area contributed by atoms with Crippen molar-refractivity contribution in [1.82, 2.24) is 4.90 Å². The Bertz CT molecular complexity index is 237. The quantitative estimate of drug-likeness (QED) is 0.529. The van der Waals surface area contributed by atoms with Crippen LogP contribution in [0.25, 0.3) is 0 Å². The lowest BCUT2D eigenvalue weighted by molar-refractivity contribution is -0.138. The molecule has 0 N–H and O–H groups in total. The lowest BCUT2D eigenvalue weighted by Gasteiger charge is -2.19. The molecular weight excluding hydrogens is 190 g/mol. The zero-order chi connectivity index (χ0) is 11.5. The molecule has 1 saturated heterocycles. The molecule has 0 aromatic carbocycles. The molecule has 1 aliphatic rings. The van der Waals surface area contributed by atoms with Gasteiger partial charge in [-0.15, -0.1) is 0 Å². The van der Waals surface area contributed by atoms with Crippen LogP contribution in [0, 0.1) is 5.41 Å². The van der Waals surface area contributed by atoms with Gasteiger partial charge in [-0.05, 0) is 18.3 Å². The summed E-state index contributed by atoms with van der Waals surface area (Å²) in [6, 6.07) is 0. The number of imide groups is 1. The fourth-order valence-corrected chi connectivity index (χ4v) is 1.80. The van der Waals surface area contributed by atoms with Crippen molar-refractivity contribution in [2.24, 2.45) is 5.41 Å². The van der Waals surface area contributed by atoms with E-state index in [-0.39, 0.29) is 11.8 Å². The van der Waals surface area contributed by atoms with Crippen LogP contribution in [0.3, 0.4) is 0 Å². The summed E-state index contributed by atoms with van der Waals surface area (Å²) in [5.41, 5.74) is 0.346. The van der Waals surface area contributed by atoms with E-state index >= 15 is 0 Å². The van der Waals surface area contributed by atoms with Crippen LogP contribution in [-0.4, -0.2) is 23.3 Å². The van der Waals surface area contributed by atoms with Crippen molar-refractivity contribution in [2.75, 3.05) is 6.54 Å². The van der Waals surface area contributed by atoms with Crippen molar-refractivity contribution in [3.63, 3.8) is 0 Å². The number of rotatable bonds is 4. The third-order valence-electron chi connectivity index (χ3n) is 2.71. The highest BCUT2D eigenvalue weighted by atomic mass is 16.2. The molecule has 0 saturated carbocycles. The van der Waals surface area contributed by atoms with E-state index in [1.54, 1.807) is 0 Å². The lowest BCUT2D eigenvalue weighted by Crippen LogP contribution is -2.30. The highest BCUT2D eigenvalue weighted by Crippen LogP contribution is 2.22. The number of amides is 2. The maximum Gasteiger partial charge on any atom is 0.229 e. The average molecular weight is 211 g/mol. The predicted molar refractivity (Wildman–Crippen MR) is 59.3 cm³/mol. The van der Waals surface area contributed by atoms with Crippen molar-refractivity contribution in [1.29, 1.82) is 0 Å². The molecule has 0 aromatic rings. The van der Waals surface area contributed by atoms with Gasteiger partial charge in [0.1, 0.15) is 0 Å². The van der Waals surface area contributed by atoms with E-state index in [0.717, 1.165) is 19.3 Å². The molecule has 0 spiro atoms. The summed E-state index contributed by atoms with van der Waals surface area (Å²) in [7, 11) is 0. The van der Waals surface area contributed by atoms with E-state index in [1.165, 1.54) is 4.90 Å². The van der Waals surface area contributed by atoms with Gasteiger partial charge in [-0.25, -0.2) is 0 Å². The van der Waals surface area contributed by atoms with Crippen molar-refractivity contribution in [2.45, 2.75) is 52.9 Å². The second-order valence-electron chi connectivity index (χ2n) is 5.46. The van der Waals surface area contributed by atoms with Gasteiger partial charge < -0.3 is 0 Å². The Morgan fingerprint density at radius 3 is 2.07 bits per heavy atom. The topological polar surface area (TPSA) is 37.4 Å². The first-order valence-electron chi connectivity index (χ1n) is 5.73. The number of carbonyl (C=O) groups excluding carboxylic acids is 2. The lowest BCUT2D eigenvalue weighted by atomic mass is 9.90. The van der Waals surface area contributed by atoms with Crippen LogP contribution in [0.2, 0.25) is 0 Å². The minimum atomic E-state index is 0.00996. The Hall–Kier alpha value is -0.860. The molecule has 3 nitrogen and oxygen atoms in total. The van der Waals surface area contributed by atoms with Gasteiger partial charge in [-0.1, -0.05) is 27.2 Å². The molecule has 3 heteroatoms. The van der Waals surface area contributed by atoms with Crippen LogP contribution < -0.4 is 0 Å². The Kier molecular flexibility index (Phi) is 3.89. The molecule has 0 aromatic heterocycles. The minimum absolute atomic E-state index is 0.00996. The van der Waals surface area contributed by atoms with E-state index < -0.39 is 0 Å². The molecule has 0 radical (unpaired) electrons. The molecule has 0 bridgehead atoms. The largest absolute Gasteiger partial charge is 0.283 e. The van der Waals surface area contributed by atoms with Gasteiger partial charge in [0, 0.05) is 19.4 Å². The fourth-order valence-electron chi connectivity index (χ4n) is 1.80. The van der Waals surface area contributed by atoms with E-state index in [2.05, 4.69) is 20.8 Å². The van der Waals surface area contributed by atoms with E-state index in [1.807, 2.05) is 0 Å². The summed E-state index contributed by atoms with van der Waals surface area (Å²) in [5, 5.41) is 0. The first kappa shape index (κ1) is 12.2. The van der Waals surface area contributed by atoms with Crippen LogP contribution in [-0.2, 0) is 9.59 Å². The van der Waals surface area contributed by atoms with Crippen LogP contribution >= 0.6 is 0 Å². The average Bonchev–Trinajstić information content (AvgIpc) is 2.40. The molecule has 86 valence electrons. The maximum absolute atomic E-state index is 11.3. The molecule has 15 heavy (non-hydrogen) atoms. The molecule has 0 unspecified atom stereocenters. The zero-order valence-electron chi connectivity index (χ0n) is 10.0. The van der Waals surface area contributed by atoms with Gasteiger partial charge in [0.05, 0.1) is 0 Å². The SMILES string of the molecule is CC(C)(C)CCCCN1C(=O)CCC1=O. The summed E-state index contributed by atoms with van der Waals surface area (Å²) >= 11 is 0. The minimum Gasteiger partial charge on any atom is -0.283 e. The van der Waals surface area contributed by atoms with Crippen molar-refractivity contribution >= 4 is 11.8 Å². The van der Waals surface area contributed by atoms with Gasteiger partial charge in [-0.2, -0.15) is 0 Å². The summed E-state index contributed by atoms with van der Waals surface area (Å²) < 4.78 is 0. The first-order valence-corrected chi connectivity index (χ1v) is 5.73. The number of nitrogens with zero attached hydrogens (tertiary/aromatic N) is 1. The van der Waals surface area contributed by atoms with Gasteiger partial charge >= 0.3 is 0 Å². The molecule has 2 amide bonds. The maximum atomic E-state index is 11.3. The summed E-state index contributed by atoms with van der Waals surface area (Å²) in [6.07, 6.45) is 3.99. The van der Waals surface area contributed by atoms with Crippen LogP contribution in [0.15, 0.2) is 0 Å². The Morgan fingerprint density at radius 1 is 1.07 bits per heavy atom.